The fourth-order valence-corrected chi connectivity index (χ4v) is 2.55. The molecular formula is C18H20O4. The van der Waals surface area contributed by atoms with Gasteiger partial charge in [0.05, 0.1) is 6.61 Å². The fourth-order valence-electron chi connectivity index (χ4n) is 2.55. The zero-order valence-corrected chi connectivity index (χ0v) is 12.8. The molecule has 0 aromatic heterocycles. The van der Waals surface area contributed by atoms with Gasteiger partial charge in [-0.3, -0.25) is 0 Å². The van der Waals surface area contributed by atoms with Crippen LogP contribution < -0.4 is 14.2 Å². The number of aromatic hydroxyl groups is 1. The highest BCUT2D eigenvalue weighted by atomic mass is 16.7. The van der Waals surface area contributed by atoms with Gasteiger partial charge in [0.25, 0.3) is 0 Å². The minimum Gasteiger partial charge on any atom is -0.508 e. The summed E-state index contributed by atoms with van der Waals surface area (Å²) in [5.74, 6) is 2.42. The van der Waals surface area contributed by atoms with Crippen LogP contribution in [0.2, 0.25) is 0 Å². The largest absolute Gasteiger partial charge is 0.508 e. The molecule has 4 heteroatoms. The number of benzene rings is 2. The lowest BCUT2D eigenvalue weighted by Crippen LogP contribution is -1.98. The molecule has 0 bridgehead atoms. The Kier molecular flexibility index (Phi) is 4.09. The predicted molar refractivity (Wildman–Crippen MR) is 84.0 cm³/mol. The normalized spacial score (nSPS) is 13.9. The number of rotatable bonds is 5. The van der Waals surface area contributed by atoms with Crippen LogP contribution >= 0.6 is 0 Å². The first kappa shape index (κ1) is 14.6. The lowest BCUT2D eigenvalue weighted by molar-refractivity contribution is 0.174. The lowest BCUT2D eigenvalue weighted by atomic mass is 9.92. The topological polar surface area (TPSA) is 47.9 Å². The Balaban J connectivity index is 1.83. The zero-order chi connectivity index (χ0) is 15.5. The maximum absolute atomic E-state index is 10.2. The van der Waals surface area contributed by atoms with Crippen LogP contribution in [0.4, 0.5) is 0 Å². The van der Waals surface area contributed by atoms with Crippen molar-refractivity contribution in [2.45, 2.75) is 26.2 Å². The first-order chi connectivity index (χ1) is 10.7. The van der Waals surface area contributed by atoms with Crippen molar-refractivity contribution >= 4 is 0 Å². The van der Waals surface area contributed by atoms with Gasteiger partial charge in [-0.15, -0.1) is 0 Å². The van der Waals surface area contributed by atoms with E-state index < -0.39 is 0 Å². The number of fused-ring (bicyclic) bond motifs is 1. The van der Waals surface area contributed by atoms with E-state index in [9.17, 15) is 5.11 Å². The van der Waals surface area contributed by atoms with E-state index in [1.165, 1.54) is 0 Å². The first-order valence-electron chi connectivity index (χ1n) is 7.54. The maximum atomic E-state index is 10.2. The standard InChI is InChI=1S/C18H20O4/c1-3-8-20-14-6-4-13(5-7-14)12(2)15-9-17-18(10-16(15)19)22-11-21-17/h4-7,9-10,12,19H,3,8,11H2,1-2H3. The van der Waals surface area contributed by atoms with Gasteiger partial charge >= 0.3 is 0 Å². The molecule has 0 amide bonds. The van der Waals surface area contributed by atoms with Crippen molar-refractivity contribution in [3.05, 3.63) is 47.5 Å². The van der Waals surface area contributed by atoms with Gasteiger partial charge in [-0.05, 0) is 30.2 Å². The van der Waals surface area contributed by atoms with E-state index in [-0.39, 0.29) is 18.5 Å². The van der Waals surface area contributed by atoms with E-state index >= 15 is 0 Å². The van der Waals surface area contributed by atoms with Gasteiger partial charge < -0.3 is 19.3 Å². The summed E-state index contributed by atoms with van der Waals surface area (Å²) in [6, 6.07) is 11.5. The van der Waals surface area contributed by atoms with Crippen LogP contribution in [0.15, 0.2) is 36.4 Å². The van der Waals surface area contributed by atoms with Crippen LogP contribution in [0, 0.1) is 0 Å². The molecule has 0 radical (unpaired) electrons. The van der Waals surface area contributed by atoms with Crippen LogP contribution in [0.5, 0.6) is 23.0 Å². The molecule has 0 spiro atoms. The Hall–Kier alpha value is -2.36. The quantitative estimate of drug-likeness (QED) is 0.904. The van der Waals surface area contributed by atoms with Crippen molar-refractivity contribution in [3.8, 4) is 23.0 Å². The summed E-state index contributed by atoms with van der Waals surface area (Å²) in [5, 5.41) is 10.2. The summed E-state index contributed by atoms with van der Waals surface area (Å²) in [6.45, 7) is 5.06. The van der Waals surface area contributed by atoms with E-state index in [0.29, 0.717) is 11.5 Å². The van der Waals surface area contributed by atoms with E-state index in [1.807, 2.05) is 30.3 Å². The van der Waals surface area contributed by atoms with Gasteiger partial charge in [0.15, 0.2) is 11.5 Å². The van der Waals surface area contributed by atoms with Crippen molar-refractivity contribution in [1.82, 2.24) is 0 Å². The highest BCUT2D eigenvalue weighted by molar-refractivity contribution is 5.54. The number of ether oxygens (including phenoxy) is 3. The lowest BCUT2D eigenvalue weighted by Gasteiger charge is -2.15. The van der Waals surface area contributed by atoms with Crippen molar-refractivity contribution in [2.24, 2.45) is 0 Å². The third-order valence-corrected chi connectivity index (χ3v) is 3.84. The third-order valence-electron chi connectivity index (χ3n) is 3.84. The molecule has 4 nitrogen and oxygen atoms in total. The minimum absolute atomic E-state index is 0.0507. The Morgan fingerprint density at radius 3 is 2.50 bits per heavy atom. The summed E-state index contributed by atoms with van der Waals surface area (Å²) < 4.78 is 16.3. The van der Waals surface area contributed by atoms with E-state index in [0.717, 1.165) is 29.9 Å². The molecular weight excluding hydrogens is 280 g/mol. The molecule has 0 fully saturated rings. The molecule has 1 heterocycles. The summed E-state index contributed by atoms with van der Waals surface area (Å²) in [7, 11) is 0. The van der Waals surface area contributed by atoms with E-state index in [4.69, 9.17) is 14.2 Å². The maximum Gasteiger partial charge on any atom is 0.231 e. The molecule has 3 rings (SSSR count). The second-order valence-electron chi connectivity index (χ2n) is 5.40. The van der Waals surface area contributed by atoms with Gasteiger partial charge in [0.2, 0.25) is 6.79 Å². The molecule has 2 aromatic carbocycles. The van der Waals surface area contributed by atoms with Crippen molar-refractivity contribution in [1.29, 1.82) is 0 Å². The summed E-state index contributed by atoms with van der Waals surface area (Å²) in [6.07, 6.45) is 0.989. The van der Waals surface area contributed by atoms with Crippen LogP contribution in [0.3, 0.4) is 0 Å². The average Bonchev–Trinajstić information content (AvgIpc) is 2.99. The highest BCUT2D eigenvalue weighted by Gasteiger charge is 2.20. The second-order valence-corrected chi connectivity index (χ2v) is 5.40. The van der Waals surface area contributed by atoms with Gasteiger partial charge in [0.1, 0.15) is 11.5 Å². The smallest absolute Gasteiger partial charge is 0.231 e. The van der Waals surface area contributed by atoms with Crippen LogP contribution in [0.25, 0.3) is 0 Å². The molecule has 1 unspecified atom stereocenters. The molecule has 1 atom stereocenters. The SMILES string of the molecule is CCCOc1ccc(C(C)c2cc3c(cc2O)OCO3)cc1. The van der Waals surface area contributed by atoms with Crippen molar-refractivity contribution < 1.29 is 19.3 Å². The molecule has 1 aliphatic heterocycles. The number of phenolic OH excluding ortho intramolecular Hbond substituents is 1. The van der Waals surface area contributed by atoms with Gasteiger partial charge in [-0.2, -0.15) is 0 Å². The van der Waals surface area contributed by atoms with Crippen molar-refractivity contribution in [3.63, 3.8) is 0 Å². The van der Waals surface area contributed by atoms with Crippen LogP contribution in [0.1, 0.15) is 37.3 Å². The average molecular weight is 300 g/mol. The Bertz CT molecular complexity index is 649. The van der Waals surface area contributed by atoms with E-state index in [1.54, 1.807) is 6.07 Å². The molecule has 1 N–H and O–H groups in total. The fraction of sp³-hybridized carbons (Fsp3) is 0.333. The molecule has 2 aromatic rings. The second kappa shape index (κ2) is 6.18. The summed E-state index contributed by atoms with van der Waals surface area (Å²) in [5.41, 5.74) is 1.93. The van der Waals surface area contributed by atoms with Crippen LogP contribution in [-0.2, 0) is 0 Å². The Morgan fingerprint density at radius 2 is 1.82 bits per heavy atom. The molecule has 0 aliphatic carbocycles. The monoisotopic (exact) mass is 300 g/mol. The van der Waals surface area contributed by atoms with Crippen molar-refractivity contribution in [2.75, 3.05) is 13.4 Å². The van der Waals surface area contributed by atoms with Gasteiger partial charge in [-0.25, -0.2) is 0 Å². The molecule has 22 heavy (non-hydrogen) atoms. The van der Waals surface area contributed by atoms with Gasteiger partial charge in [-0.1, -0.05) is 26.0 Å². The molecule has 0 saturated carbocycles. The Morgan fingerprint density at radius 1 is 1.14 bits per heavy atom. The highest BCUT2D eigenvalue weighted by Crippen LogP contribution is 2.41. The first-order valence-corrected chi connectivity index (χ1v) is 7.54. The summed E-state index contributed by atoms with van der Waals surface area (Å²) in [4.78, 5) is 0. The predicted octanol–water partition coefficient (Wildman–Crippen LogP) is 4.06. The van der Waals surface area contributed by atoms with E-state index in [2.05, 4.69) is 13.8 Å². The Labute approximate surface area is 130 Å². The molecule has 116 valence electrons. The number of phenols is 1. The number of hydrogen-bond acceptors (Lipinski definition) is 4. The van der Waals surface area contributed by atoms with Gasteiger partial charge in [0, 0.05) is 17.5 Å². The minimum atomic E-state index is 0.0507. The van der Waals surface area contributed by atoms with Crippen LogP contribution in [-0.4, -0.2) is 18.5 Å². The third kappa shape index (κ3) is 2.82. The zero-order valence-electron chi connectivity index (χ0n) is 12.8. The number of hydrogen-bond donors (Lipinski definition) is 1. The summed E-state index contributed by atoms with van der Waals surface area (Å²) >= 11 is 0. The molecule has 0 saturated heterocycles. The molecule has 1 aliphatic rings.